The molecule has 0 spiro atoms. The third kappa shape index (κ3) is 0.672. The Bertz CT molecular complexity index is 140. The summed E-state index contributed by atoms with van der Waals surface area (Å²) in [5.74, 6) is 2.05. The lowest BCUT2D eigenvalue weighted by molar-refractivity contribution is -0.0615. The highest BCUT2D eigenvalue weighted by Crippen LogP contribution is 2.54. The first-order valence-electron chi connectivity index (χ1n) is 4.47. The van der Waals surface area contributed by atoms with Crippen molar-refractivity contribution in [2.75, 3.05) is 13.1 Å². The summed E-state index contributed by atoms with van der Waals surface area (Å²) in [6, 6.07) is 0. The van der Waals surface area contributed by atoms with E-state index in [0.717, 1.165) is 11.8 Å². The zero-order chi connectivity index (χ0) is 7.19. The number of piperidine rings is 2. The molecule has 2 aliphatic heterocycles. The average molecular weight is 139 g/mol. The summed E-state index contributed by atoms with van der Waals surface area (Å²) >= 11 is 0. The van der Waals surface area contributed by atoms with Crippen LogP contribution in [-0.4, -0.2) is 13.1 Å². The van der Waals surface area contributed by atoms with Gasteiger partial charge in [0.2, 0.25) is 0 Å². The smallest absolute Gasteiger partial charge is 0.000815 e. The van der Waals surface area contributed by atoms with Crippen molar-refractivity contribution in [3.63, 3.8) is 0 Å². The minimum atomic E-state index is 0.678. The minimum Gasteiger partial charge on any atom is -0.316 e. The van der Waals surface area contributed by atoms with Crippen LogP contribution in [0, 0.1) is 17.3 Å². The predicted octanol–water partition coefficient (Wildman–Crippen LogP) is 1.64. The Kier molecular flexibility index (Phi) is 1.31. The topological polar surface area (TPSA) is 12.0 Å². The van der Waals surface area contributed by atoms with Gasteiger partial charge in [-0.1, -0.05) is 20.3 Å². The van der Waals surface area contributed by atoms with Gasteiger partial charge in [0.05, 0.1) is 0 Å². The number of hydrogen-bond acceptors (Lipinski definition) is 1. The first kappa shape index (κ1) is 6.66. The van der Waals surface area contributed by atoms with Gasteiger partial charge in [-0.2, -0.15) is 0 Å². The first-order chi connectivity index (χ1) is 4.76. The molecule has 2 bridgehead atoms. The molecule has 1 aliphatic carbocycles. The number of hydrogen-bond donors (Lipinski definition) is 1. The molecule has 3 rings (SSSR count). The first-order valence-corrected chi connectivity index (χ1v) is 4.47. The molecular formula is C9H17N. The van der Waals surface area contributed by atoms with Crippen molar-refractivity contribution < 1.29 is 0 Å². The number of nitrogens with one attached hydrogen (secondary N) is 1. The molecule has 0 aromatic heterocycles. The molecule has 1 N–H and O–H groups in total. The number of rotatable bonds is 1. The third-order valence-electron chi connectivity index (χ3n) is 3.57. The van der Waals surface area contributed by atoms with Gasteiger partial charge in [-0.3, -0.25) is 0 Å². The van der Waals surface area contributed by atoms with Crippen LogP contribution in [0.4, 0.5) is 0 Å². The summed E-state index contributed by atoms with van der Waals surface area (Å²) in [5, 5.41) is 3.49. The van der Waals surface area contributed by atoms with Crippen LogP contribution in [0.1, 0.15) is 26.7 Å². The van der Waals surface area contributed by atoms with E-state index in [4.69, 9.17) is 0 Å². The van der Waals surface area contributed by atoms with Crippen LogP contribution in [0.5, 0.6) is 0 Å². The maximum atomic E-state index is 3.49. The third-order valence-corrected chi connectivity index (χ3v) is 3.57. The Morgan fingerprint density at radius 3 is 2.80 bits per heavy atom. The molecule has 0 aromatic carbocycles. The average Bonchev–Trinajstić information content (AvgIpc) is 1.88. The van der Waals surface area contributed by atoms with Gasteiger partial charge in [0.25, 0.3) is 0 Å². The van der Waals surface area contributed by atoms with Crippen molar-refractivity contribution in [1.82, 2.24) is 5.32 Å². The summed E-state index contributed by atoms with van der Waals surface area (Å²) in [4.78, 5) is 0. The van der Waals surface area contributed by atoms with Gasteiger partial charge < -0.3 is 5.32 Å². The van der Waals surface area contributed by atoms with Crippen molar-refractivity contribution in [2.45, 2.75) is 26.7 Å². The van der Waals surface area contributed by atoms with E-state index in [0.29, 0.717) is 5.41 Å². The van der Waals surface area contributed by atoms with Gasteiger partial charge in [-0.15, -0.1) is 0 Å². The van der Waals surface area contributed by atoms with Crippen molar-refractivity contribution in [1.29, 1.82) is 0 Å². The van der Waals surface area contributed by atoms with Crippen LogP contribution in [0.2, 0.25) is 0 Å². The summed E-state index contributed by atoms with van der Waals surface area (Å²) in [6.07, 6.45) is 2.88. The van der Waals surface area contributed by atoms with Crippen LogP contribution < -0.4 is 5.32 Å². The van der Waals surface area contributed by atoms with Gasteiger partial charge in [0.1, 0.15) is 0 Å². The lowest BCUT2D eigenvalue weighted by Gasteiger charge is -2.58. The lowest BCUT2D eigenvalue weighted by Crippen LogP contribution is -2.60. The molecular weight excluding hydrogens is 122 g/mol. The Hall–Kier alpha value is -0.0400. The summed E-state index contributed by atoms with van der Waals surface area (Å²) in [7, 11) is 0. The molecule has 3 unspecified atom stereocenters. The maximum Gasteiger partial charge on any atom is 0.000815 e. The second-order valence-corrected chi connectivity index (χ2v) is 4.26. The molecule has 1 heteroatoms. The van der Waals surface area contributed by atoms with Gasteiger partial charge in [-0.25, -0.2) is 0 Å². The fraction of sp³-hybridized carbons (Fsp3) is 1.00. The van der Waals surface area contributed by atoms with E-state index in [1.807, 2.05) is 0 Å². The molecule has 1 nitrogen and oxygen atoms in total. The fourth-order valence-corrected chi connectivity index (χ4v) is 3.09. The van der Waals surface area contributed by atoms with Crippen LogP contribution >= 0.6 is 0 Å². The molecule has 3 atom stereocenters. The van der Waals surface area contributed by atoms with E-state index in [9.17, 15) is 0 Å². The highest BCUT2D eigenvalue weighted by Gasteiger charge is 2.51. The van der Waals surface area contributed by atoms with E-state index in [2.05, 4.69) is 19.2 Å². The maximum absolute atomic E-state index is 3.49. The molecule has 0 radical (unpaired) electrons. The quantitative estimate of drug-likeness (QED) is 0.582. The van der Waals surface area contributed by atoms with E-state index >= 15 is 0 Å². The highest BCUT2D eigenvalue weighted by molar-refractivity contribution is 5.03. The van der Waals surface area contributed by atoms with Gasteiger partial charge in [-0.05, 0) is 30.2 Å². The summed E-state index contributed by atoms with van der Waals surface area (Å²) < 4.78 is 0. The Labute approximate surface area is 63.2 Å². The molecule has 3 fully saturated rings. The van der Waals surface area contributed by atoms with Crippen LogP contribution in [-0.2, 0) is 0 Å². The Balaban J connectivity index is 2.08. The van der Waals surface area contributed by atoms with E-state index in [1.165, 1.54) is 25.9 Å². The largest absolute Gasteiger partial charge is 0.316 e. The highest BCUT2D eigenvalue weighted by atomic mass is 14.9. The molecule has 10 heavy (non-hydrogen) atoms. The SMILES string of the molecule is CCC1C2CNCC1(C)C2. The second kappa shape index (κ2) is 1.97. The Morgan fingerprint density at radius 2 is 2.40 bits per heavy atom. The normalized spacial score (nSPS) is 52.2. The van der Waals surface area contributed by atoms with Crippen LogP contribution in [0.15, 0.2) is 0 Å². The van der Waals surface area contributed by atoms with Gasteiger partial charge >= 0.3 is 0 Å². The van der Waals surface area contributed by atoms with Crippen molar-refractivity contribution >= 4 is 0 Å². The molecule has 2 heterocycles. The molecule has 2 saturated heterocycles. The summed E-state index contributed by atoms with van der Waals surface area (Å²) in [6.45, 7) is 7.32. The molecule has 58 valence electrons. The predicted molar refractivity (Wildman–Crippen MR) is 42.9 cm³/mol. The van der Waals surface area contributed by atoms with Crippen molar-refractivity contribution in [3.8, 4) is 0 Å². The number of fused-ring (bicyclic) bond motifs is 2. The summed E-state index contributed by atoms with van der Waals surface area (Å²) in [5.41, 5.74) is 0.678. The zero-order valence-electron chi connectivity index (χ0n) is 6.98. The van der Waals surface area contributed by atoms with Crippen LogP contribution in [0.25, 0.3) is 0 Å². The van der Waals surface area contributed by atoms with E-state index in [-0.39, 0.29) is 0 Å². The molecule has 3 aliphatic rings. The lowest BCUT2D eigenvalue weighted by atomic mass is 9.51. The van der Waals surface area contributed by atoms with Crippen molar-refractivity contribution in [2.24, 2.45) is 17.3 Å². The van der Waals surface area contributed by atoms with Crippen LogP contribution in [0.3, 0.4) is 0 Å². The van der Waals surface area contributed by atoms with Gasteiger partial charge in [0.15, 0.2) is 0 Å². The zero-order valence-corrected chi connectivity index (χ0v) is 6.98. The van der Waals surface area contributed by atoms with E-state index in [1.54, 1.807) is 0 Å². The monoisotopic (exact) mass is 139 g/mol. The molecule has 0 aromatic rings. The molecule has 1 saturated carbocycles. The Morgan fingerprint density at radius 1 is 1.60 bits per heavy atom. The van der Waals surface area contributed by atoms with Gasteiger partial charge in [0, 0.05) is 6.54 Å². The minimum absolute atomic E-state index is 0.678. The molecule has 0 amide bonds. The fourth-order valence-electron chi connectivity index (χ4n) is 3.09. The second-order valence-electron chi connectivity index (χ2n) is 4.26. The van der Waals surface area contributed by atoms with Crippen molar-refractivity contribution in [3.05, 3.63) is 0 Å². The van der Waals surface area contributed by atoms with E-state index < -0.39 is 0 Å². The standard InChI is InChI=1S/C9H17N/c1-3-8-7-4-9(8,2)6-10-5-7/h7-8,10H,3-6H2,1-2H3.